The van der Waals surface area contributed by atoms with Gasteiger partial charge in [0, 0.05) is 51.1 Å². The minimum absolute atomic E-state index is 0.0159. The van der Waals surface area contributed by atoms with E-state index in [0.717, 1.165) is 48.7 Å². The molecule has 2 aromatic heterocycles. The largest absolute Gasteiger partial charge is 0.361 e. The zero-order valence-electron chi connectivity index (χ0n) is 20.1. The van der Waals surface area contributed by atoms with Gasteiger partial charge in [-0.05, 0) is 47.4 Å². The minimum Gasteiger partial charge on any atom is -0.361 e. The van der Waals surface area contributed by atoms with Crippen molar-refractivity contribution < 1.29 is 9.59 Å². The summed E-state index contributed by atoms with van der Waals surface area (Å²) in [6, 6.07) is 23.5. The monoisotopic (exact) mass is 552 g/mol. The van der Waals surface area contributed by atoms with Crippen LogP contribution in [-0.4, -0.2) is 50.7 Å². The van der Waals surface area contributed by atoms with E-state index >= 15 is 0 Å². The Morgan fingerprint density at radius 3 is 2.54 bits per heavy atom. The van der Waals surface area contributed by atoms with Crippen LogP contribution >= 0.6 is 15.9 Å². The van der Waals surface area contributed by atoms with Crippen molar-refractivity contribution in [1.29, 1.82) is 0 Å². The molecule has 37 heavy (non-hydrogen) atoms. The van der Waals surface area contributed by atoms with Gasteiger partial charge in [0.15, 0.2) is 0 Å². The molecule has 2 atom stereocenters. The van der Waals surface area contributed by atoms with Gasteiger partial charge in [0.25, 0.3) is 0 Å². The average molecular weight is 553 g/mol. The number of rotatable bonds is 4. The lowest BCUT2D eigenvalue weighted by atomic mass is 9.86. The lowest BCUT2D eigenvalue weighted by molar-refractivity contribution is -0.158. The minimum atomic E-state index is -0.528. The van der Waals surface area contributed by atoms with E-state index in [1.165, 1.54) is 0 Å². The predicted molar refractivity (Wildman–Crippen MR) is 147 cm³/mol. The molecule has 2 aliphatic heterocycles. The number of para-hydroxylation sites is 2. The maximum atomic E-state index is 13.9. The number of carbonyl (C=O) groups excluding carboxylic acids is 2. The highest BCUT2D eigenvalue weighted by atomic mass is 79.9. The van der Waals surface area contributed by atoms with Crippen LogP contribution in [0.25, 0.3) is 21.8 Å². The normalized spacial score (nSPS) is 19.5. The SMILES string of the molecule is O=C1[C@@H]2Cc3c([nH]c4ccccc34)[C@@H](c3cccc(Br)c3)N2C(=O)CN1CCc1c[nH]c2ccccc12. The molecule has 6 nitrogen and oxygen atoms in total. The number of aromatic nitrogens is 2. The summed E-state index contributed by atoms with van der Waals surface area (Å²) >= 11 is 3.59. The summed E-state index contributed by atoms with van der Waals surface area (Å²) in [4.78, 5) is 38.2. The molecule has 1 fully saturated rings. The van der Waals surface area contributed by atoms with Crippen molar-refractivity contribution in [3.05, 3.63) is 106 Å². The Morgan fingerprint density at radius 2 is 1.70 bits per heavy atom. The Bertz CT molecular complexity index is 1690. The molecule has 0 unspecified atom stereocenters. The summed E-state index contributed by atoms with van der Waals surface area (Å²) in [6.07, 6.45) is 3.22. The molecule has 2 aliphatic rings. The quantitative estimate of drug-likeness (QED) is 0.316. The van der Waals surface area contributed by atoms with Crippen LogP contribution in [0, 0.1) is 0 Å². The second-order valence-corrected chi connectivity index (χ2v) is 10.8. The highest BCUT2D eigenvalue weighted by Crippen LogP contribution is 2.43. The van der Waals surface area contributed by atoms with E-state index in [-0.39, 0.29) is 24.4 Å². The maximum absolute atomic E-state index is 13.9. The summed E-state index contributed by atoms with van der Waals surface area (Å²) < 4.78 is 0.945. The molecule has 5 aromatic rings. The summed E-state index contributed by atoms with van der Waals surface area (Å²) in [7, 11) is 0. The van der Waals surface area contributed by atoms with Gasteiger partial charge in [0.05, 0.1) is 12.6 Å². The van der Waals surface area contributed by atoms with E-state index in [0.29, 0.717) is 19.4 Å². The van der Waals surface area contributed by atoms with Gasteiger partial charge >= 0.3 is 0 Å². The summed E-state index contributed by atoms with van der Waals surface area (Å²) in [5, 5.41) is 2.28. The molecular weight excluding hydrogens is 528 g/mol. The second kappa shape index (κ2) is 8.63. The van der Waals surface area contributed by atoms with Gasteiger partial charge in [0.1, 0.15) is 6.04 Å². The van der Waals surface area contributed by atoms with E-state index < -0.39 is 6.04 Å². The van der Waals surface area contributed by atoms with Gasteiger partial charge in [-0.3, -0.25) is 9.59 Å². The number of hydrogen-bond acceptors (Lipinski definition) is 2. The number of halogens is 1. The molecule has 7 rings (SSSR count). The first kappa shape index (κ1) is 22.4. The fourth-order valence-electron chi connectivity index (χ4n) is 6.13. The molecule has 2 N–H and O–H groups in total. The molecule has 184 valence electrons. The van der Waals surface area contributed by atoms with Crippen LogP contribution in [0.3, 0.4) is 0 Å². The second-order valence-electron chi connectivity index (χ2n) is 9.91. The third-order valence-corrected chi connectivity index (χ3v) is 8.33. The van der Waals surface area contributed by atoms with E-state index in [1.807, 2.05) is 59.6 Å². The third-order valence-electron chi connectivity index (χ3n) is 7.83. The molecular formula is C30H25BrN4O2. The van der Waals surface area contributed by atoms with Crippen LogP contribution in [0.15, 0.2) is 83.5 Å². The van der Waals surface area contributed by atoms with Crippen molar-refractivity contribution in [1.82, 2.24) is 19.8 Å². The first-order valence-electron chi connectivity index (χ1n) is 12.6. The van der Waals surface area contributed by atoms with Crippen LogP contribution in [0.2, 0.25) is 0 Å². The number of nitrogens with zero attached hydrogens (tertiary/aromatic N) is 2. The molecule has 0 bridgehead atoms. The number of H-pyrrole nitrogens is 2. The highest BCUT2D eigenvalue weighted by molar-refractivity contribution is 9.10. The molecule has 0 radical (unpaired) electrons. The molecule has 0 saturated carbocycles. The van der Waals surface area contributed by atoms with Crippen LogP contribution in [0.4, 0.5) is 0 Å². The van der Waals surface area contributed by atoms with Crippen molar-refractivity contribution in [2.24, 2.45) is 0 Å². The van der Waals surface area contributed by atoms with Gasteiger partial charge in [-0.15, -0.1) is 0 Å². The molecule has 4 heterocycles. The molecule has 2 amide bonds. The zero-order valence-corrected chi connectivity index (χ0v) is 21.7. The molecule has 1 saturated heterocycles. The first-order valence-corrected chi connectivity index (χ1v) is 13.4. The fourth-order valence-corrected chi connectivity index (χ4v) is 6.55. The Morgan fingerprint density at radius 1 is 0.919 bits per heavy atom. The van der Waals surface area contributed by atoms with Crippen LogP contribution in [0.5, 0.6) is 0 Å². The van der Waals surface area contributed by atoms with E-state index in [2.05, 4.69) is 50.2 Å². The topological polar surface area (TPSA) is 72.2 Å². The van der Waals surface area contributed by atoms with Crippen LogP contribution in [-0.2, 0) is 22.4 Å². The summed E-state index contributed by atoms with van der Waals surface area (Å²) in [5.74, 6) is 0.00757. The number of aromatic amines is 2. The number of amides is 2. The maximum Gasteiger partial charge on any atom is 0.246 e. The van der Waals surface area contributed by atoms with E-state index in [1.54, 1.807) is 4.90 Å². The summed E-state index contributed by atoms with van der Waals surface area (Å²) in [5.41, 5.74) is 6.39. The van der Waals surface area contributed by atoms with Crippen molar-refractivity contribution in [3.63, 3.8) is 0 Å². The fraction of sp³-hybridized carbons (Fsp3) is 0.200. The van der Waals surface area contributed by atoms with Crippen LogP contribution < -0.4 is 0 Å². The van der Waals surface area contributed by atoms with Gasteiger partial charge in [-0.2, -0.15) is 0 Å². The van der Waals surface area contributed by atoms with Crippen molar-refractivity contribution in [2.45, 2.75) is 24.9 Å². The van der Waals surface area contributed by atoms with Crippen LogP contribution in [0.1, 0.15) is 28.4 Å². The van der Waals surface area contributed by atoms with E-state index in [4.69, 9.17) is 0 Å². The number of carbonyl (C=O) groups is 2. The number of hydrogen-bond donors (Lipinski definition) is 2. The molecule has 0 aliphatic carbocycles. The van der Waals surface area contributed by atoms with Gasteiger partial charge in [0.2, 0.25) is 11.8 Å². The number of nitrogens with one attached hydrogen (secondary N) is 2. The van der Waals surface area contributed by atoms with Crippen molar-refractivity contribution in [2.75, 3.05) is 13.1 Å². The Hall–Kier alpha value is -3.84. The molecule has 3 aromatic carbocycles. The predicted octanol–water partition coefficient (Wildman–Crippen LogP) is 5.34. The van der Waals surface area contributed by atoms with Gasteiger partial charge in [-0.25, -0.2) is 0 Å². The standard InChI is InChI=1S/C30H25BrN4O2/c31-20-7-5-6-18(14-20)29-28-23(22-9-2-4-11-25(22)33-28)15-26-30(37)34(17-27(36)35(26)29)13-12-19-16-32-24-10-3-1-8-21(19)24/h1-11,14,16,26,29,32-33H,12-13,15,17H2/t26-,29+/m0/s1. The highest BCUT2D eigenvalue weighted by Gasteiger charge is 2.48. The molecule has 0 spiro atoms. The number of piperazine rings is 1. The Kier molecular flexibility index (Phi) is 5.22. The van der Waals surface area contributed by atoms with Crippen molar-refractivity contribution in [3.8, 4) is 0 Å². The number of fused-ring (bicyclic) bond motifs is 5. The van der Waals surface area contributed by atoms with Gasteiger partial charge < -0.3 is 19.8 Å². The summed E-state index contributed by atoms with van der Waals surface area (Å²) in [6.45, 7) is 0.608. The molecule has 7 heteroatoms. The van der Waals surface area contributed by atoms with E-state index in [9.17, 15) is 9.59 Å². The van der Waals surface area contributed by atoms with Gasteiger partial charge in [-0.1, -0.05) is 64.5 Å². The smallest absolute Gasteiger partial charge is 0.246 e. The Labute approximate surface area is 222 Å². The zero-order chi connectivity index (χ0) is 25.1. The lowest BCUT2D eigenvalue weighted by Gasteiger charge is -2.47. The average Bonchev–Trinajstić information content (AvgIpc) is 3.50. The first-order chi connectivity index (χ1) is 18.1. The lowest BCUT2D eigenvalue weighted by Crippen LogP contribution is -2.63. The third kappa shape index (κ3) is 3.60. The Balaban J connectivity index is 1.26. The number of benzene rings is 3. The van der Waals surface area contributed by atoms with Crippen molar-refractivity contribution >= 4 is 49.6 Å².